The fraction of sp³-hybridized carbons (Fsp3) is 0.412. The molecule has 2 N–H and O–H groups in total. The lowest BCUT2D eigenvalue weighted by molar-refractivity contribution is 0.543. The first-order valence-corrected chi connectivity index (χ1v) is 6.87. The SMILES string of the molecule is CCC(CC(C)N)c1ccc(C)c2ccccc12. The number of benzene rings is 2. The molecule has 1 heteroatoms. The van der Waals surface area contributed by atoms with E-state index in [1.54, 1.807) is 0 Å². The topological polar surface area (TPSA) is 26.0 Å². The van der Waals surface area contributed by atoms with Gasteiger partial charge in [0.05, 0.1) is 0 Å². The number of rotatable bonds is 4. The summed E-state index contributed by atoms with van der Waals surface area (Å²) in [7, 11) is 0. The second kappa shape index (κ2) is 5.53. The van der Waals surface area contributed by atoms with Gasteiger partial charge in [0.1, 0.15) is 0 Å². The van der Waals surface area contributed by atoms with Gasteiger partial charge in [-0.25, -0.2) is 0 Å². The van der Waals surface area contributed by atoms with Gasteiger partial charge in [-0.2, -0.15) is 0 Å². The molecular formula is C17H23N. The molecule has 0 saturated heterocycles. The molecule has 0 aliphatic heterocycles. The van der Waals surface area contributed by atoms with Crippen LogP contribution in [-0.2, 0) is 0 Å². The van der Waals surface area contributed by atoms with Gasteiger partial charge in [0.25, 0.3) is 0 Å². The van der Waals surface area contributed by atoms with Crippen molar-refractivity contribution >= 4 is 10.8 Å². The Balaban J connectivity index is 2.53. The zero-order valence-electron chi connectivity index (χ0n) is 11.6. The highest BCUT2D eigenvalue weighted by Crippen LogP contribution is 2.32. The minimum absolute atomic E-state index is 0.259. The van der Waals surface area contributed by atoms with Crippen molar-refractivity contribution in [2.24, 2.45) is 5.73 Å². The second-order valence-corrected chi connectivity index (χ2v) is 5.34. The largest absolute Gasteiger partial charge is 0.328 e. The van der Waals surface area contributed by atoms with E-state index in [9.17, 15) is 0 Å². The Morgan fingerprint density at radius 1 is 1.06 bits per heavy atom. The first-order valence-electron chi connectivity index (χ1n) is 6.87. The van der Waals surface area contributed by atoms with Gasteiger partial charge in [-0.1, -0.05) is 43.3 Å². The summed E-state index contributed by atoms with van der Waals surface area (Å²) in [6, 6.07) is 13.5. The number of fused-ring (bicyclic) bond motifs is 1. The number of hydrogen-bond donors (Lipinski definition) is 1. The molecule has 0 bridgehead atoms. The Bertz CT molecular complexity index is 528. The van der Waals surface area contributed by atoms with Crippen molar-refractivity contribution in [3.05, 3.63) is 47.5 Å². The van der Waals surface area contributed by atoms with Crippen LogP contribution in [-0.4, -0.2) is 6.04 Å². The normalized spacial score (nSPS) is 14.7. The minimum atomic E-state index is 0.259. The molecule has 2 atom stereocenters. The van der Waals surface area contributed by atoms with E-state index in [1.165, 1.54) is 21.9 Å². The standard InChI is InChI=1S/C17H23N/c1-4-14(11-13(3)18)16-10-9-12(2)15-7-5-6-8-17(15)16/h5-10,13-14H,4,11,18H2,1-3H3. The van der Waals surface area contributed by atoms with Gasteiger partial charge in [0, 0.05) is 6.04 Å². The number of aryl methyl sites for hydroxylation is 1. The molecule has 0 spiro atoms. The van der Waals surface area contributed by atoms with Crippen molar-refractivity contribution in [3.8, 4) is 0 Å². The summed E-state index contributed by atoms with van der Waals surface area (Å²) in [4.78, 5) is 0. The molecule has 18 heavy (non-hydrogen) atoms. The molecule has 0 heterocycles. The lowest BCUT2D eigenvalue weighted by Crippen LogP contribution is -2.18. The third-order valence-corrected chi connectivity index (χ3v) is 3.76. The highest BCUT2D eigenvalue weighted by atomic mass is 14.6. The summed E-state index contributed by atoms with van der Waals surface area (Å²) < 4.78 is 0. The van der Waals surface area contributed by atoms with Crippen LogP contribution < -0.4 is 5.73 Å². The van der Waals surface area contributed by atoms with Gasteiger partial charge < -0.3 is 5.73 Å². The lowest BCUT2D eigenvalue weighted by Gasteiger charge is -2.20. The van der Waals surface area contributed by atoms with Crippen LogP contribution in [0.2, 0.25) is 0 Å². The maximum atomic E-state index is 5.98. The predicted molar refractivity (Wildman–Crippen MR) is 80.0 cm³/mol. The van der Waals surface area contributed by atoms with Gasteiger partial charge in [-0.15, -0.1) is 0 Å². The molecule has 0 aliphatic rings. The Labute approximate surface area is 110 Å². The van der Waals surface area contributed by atoms with Crippen LogP contribution in [0, 0.1) is 6.92 Å². The van der Waals surface area contributed by atoms with Gasteiger partial charge in [-0.3, -0.25) is 0 Å². The first kappa shape index (κ1) is 13.1. The van der Waals surface area contributed by atoms with Crippen molar-refractivity contribution < 1.29 is 0 Å². The van der Waals surface area contributed by atoms with E-state index in [0.29, 0.717) is 5.92 Å². The maximum absolute atomic E-state index is 5.98. The van der Waals surface area contributed by atoms with Gasteiger partial charge in [0.15, 0.2) is 0 Å². The van der Waals surface area contributed by atoms with E-state index in [4.69, 9.17) is 5.73 Å². The third-order valence-electron chi connectivity index (χ3n) is 3.76. The van der Waals surface area contributed by atoms with Crippen molar-refractivity contribution in [2.75, 3.05) is 0 Å². The molecule has 2 unspecified atom stereocenters. The van der Waals surface area contributed by atoms with E-state index in [2.05, 4.69) is 57.2 Å². The third kappa shape index (κ3) is 2.56. The average molecular weight is 241 g/mol. The van der Waals surface area contributed by atoms with Crippen LogP contribution in [0.5, 0.6) is 0 Å². The molecule has 2 rings (SSSR count). The molecule has 2 aromatic carbocycles. The lowest BCUT2D eigenvalue weighted by atomic mass is 9.86. The van der Waals surface area contributed by atoms with Crippen molar-refractivity contribution in [1.82, 2.24) is 0 Å². The molecule has 0 aliphatic carbocycles. The summed E-state index contributed by atoms with van der Waals surface area (Å²) >= 11 is 0. The van der Waals surface area contributed by atoms with Crippen molar-refractivity contribution in [3.63, 3.8) is 0 Å². The summed E-state index contributed by atoms with van der Waals surface area (Å²) in [6.45, 7) is 6.53. The fourth-order valence-corrected chi connectivity index (χ4v) is 2.79. The van der Waals surface area contributed by atoms with Crippen LogP contribution in [0.25, 0.3) is 10.8 Å². The summed E-state index contributed by atoms with van der Waals surface area (Å²) in [6.07, 6.45) is 2.21. The Kier molecular flexibility index (Phi) is 4.03. The van der Waals surface area contributed by atoms with Crippen molar-refractivity contribution in [2.45, 2.75) is 45.6 Å². The van der Waals surface area contributed by atoms with E-state index in [1.807, 2.05) is 0 Å². The zero-order valence-corrected chi connectivity index (χ0v) is 11.6. The highest BCUT2D eigenvalue weighted by Gasteiger charge is 2.14. The smallest absolute Gasteiger partial charge is 0.00163 e. The maximum Gasteiger partial charge on any atom is 0.00163 e. The van der Waals surface area contributed by atoms with E-state index < -0.39 is 0 Å². The van der Waals surface area contributed by atoms with Gasteiger partial charge >= 0.3 is 0 Å². The van der Waals surface area contributed by atoms with Crippen LogP contribution >= 0.6 is 0 Å². The van der Waals surface area contributed by atoms with Crippen LogP contribution in [0.3, 0.4) is 0 Å². The van der Waals surface area contributed by atoms with Gasteiger partial charge in [-0.05, 0) is 54.5 Å². The Hall–Kier alpha value is -1.34. The summed E-state index contributed by atoms with van der Waals surface area (Å²) in [5.74, 6) is 0.565. The van der Waals surface area contributed by atoms with E-state index in [-0.39, 0.29) is 6.04 Å². The molecule has 0 saturated carbocycles. The molecular weight excluding hydrogens is 218 g/mol. The first-order chi connectivity index (χ1) is 8.63. The molecule has 0 fully saturated rings. The summed E-state index contributed by atoms with van der Waals surface area (Å²) in [5.41, 5.74) is 8.79. The molecule has 0 amide bonds. The van der Waals surface area contributed by atoms with Crippen LogP contribution in [0.1, 0.15) is 43.7 Å². The van der Waals surface area contributed by atoms with E-state index >= 15 is 0 Å². The zero-order chi connectivity index (χ0) is 13.1. The molecule has 0 radical (unpaired) electrons. The monoisotopic (exact) mass is 241 g/mol. The van der Waals surface area contributed by atoms with Gasteiger partial charge in [0.2, 0.25) is 0 Å². The summed E-state index contributed by atoms with van der Waals surface area (Å²) in [5, 5.41) is 2.77. The van der Waals surface area contributed by atoms with Crippen LogP contribution in [0.4, 0.5) is 0 Å². The average Bonchev–Trinajstić information content (AvgIpc) is 2.37. The molecule has 1 nitrogen and oxygen atoms in total. The number of hydrogen-bond acceptors (Lipinski definition) is 1. The number of nitrogens with two attached hydrogens (primary N) is 1. The van der Waals surface area contributed by atoms with E-state index in [0.717, 1.165) is 12.8 Å². The molecule has 0 aromatic heterocycles. The highest BCUT2D eigenvalue weighted by molar-refractivity contribution is 5.88. The molecule has 96 valence electrons. The second-order valence-electron chi connectivity index (χ2n) is 5.34. The predicted octanol–water partition coefficient (Wildman–Crippen LogP) is 4.38. The van der Waals surface area contributed by atoms with Crippen molar-refractivity contribution in [1.29, 1.82) is 0 Å². The molecule has 2 aromatic rings. The Morgan fingerprint density at radius 2 is 1.72 bits per heavy atom. The Morgan fingerprint density at radius 3 is 2.33 bits per heavy atom. The minimum Gasteiger partial charge on any atom is -0.328 e. The van der Waals surface area contributed by atoms with Crippen LogP contribution in [0.15, 0.2) is 36.4 Å². The quantitative estimate of drug-likeness (QED) is 0.844. The fourth-order valence-electron chi connectivity index (χ4n) is 2.79.